The predicted molar refractivity (Wildman–Crippen MR) is 100 cm³/mol. The molecule has 0 fully saturated rings. The van der Waals surface area contributed by atoms with Crippen LogP contribution in [0, 0.1) is 0 Å². The first-order valence-electron chi connectivity index (χ1n) is 7.90. The van der Waals surface area contributed by atoms with Crippen LogP contribution in [0.15, 0.2) is 66.0 Å². The van der Waals surface area contributed by atoms with E-state index in [4.69, 9.17) is 4.74 Å². The van der Waals surface area contributed by atoms with Crippen LogP contribution in [-0.4, -0.2) is 18.5 Å². The number of amides is 1. The zero-order valence-corrected chi connectivity index (χ0v) is 14.5. The molecule has 1 N–H and O–H groups in total. The van der Waals surface area contributed by atoms with Crippen LogP contribution >= 0.6 is 11.3 Å². The lowest BCUT2D eigenvalue weighted by Gasteiger charge is -2.07. The van der Waals surface area contributed by atoms with Gasteiger partial charge in [-0.05, 0) is 41.6 Å². The SMILES string of the molecule is CCOC(=O)c1ccsc1NC(=O)c1ccc(-c2ccccc2)cc1. The van der Waals surface area contributed by atoms with E-state index in [1.807, 2.05) is 42.5 Å². The van der Waals surface area contributed by atoms with E-state index in [2.05, 4.69) is 5.32 Å². The lowest BCUT2D eigenvalue weighted by Crippen LogP contribution is -2.14. The Morgan fingerprint density at radius 2 is 1.64 bits per heavy atom. The second-order valence-corrected chi connectivity index (χ2v) is 6.20. The smallest absolute Gasteiger partial charge is 0.341 e. The number of thiophene rings is 1. The average molecular weight is 351 g/mol. The summed E-state index contributed by atoms with van der Waals surface area (Å²) in [6, 6.07) is 19.0. The van der Waals surface area contributed by atoms with Gasteiger partial charge in [-0.25, -0.2) is 4.79 Å². The second kappa shape index (κ2) is 7.77. The van der Waals surface area contributed by atoms with Crippen molar-refractivity contribution >= 4 is 28.2 Å². The van der Waals surface area contributed by atoms with Crippen molar-refractivity contribution in [3.63, 3.8) is 0 Å². The molecule has 126 valence electrons. The van der Waals surface area contributed by atoms with Gasteiger partial charge in [0.15, 0.2) is 0 Å². The molecule has 4 nitrogen and oxygen atoms in total. The van der Waals surface area contributed by atoms with Gasteiger partial charge in [0.25, 0.3) is 5.91 Å². The lowest BCUT2D eigenvalue weighted by molar-refractivity contribution is 0.0528. The van der Waals surface area contributed by atoms with E-state index >= 15 is 0 Å². The normalized spacial score (nSPS) is 10.3. The lowest BCUT2D eigenvalue weighted by atomic mass is 10.0. The summed E-state index contributed by atoms with van der Waals surface area (Å²) in [7, 11) is 0. The summed E-state index contributed by atoms with van der Waals surface area (Å²) in [6.45, 7) is 2.04. The fourth-order valence-electron chi connectivity index (χ4n) is 2.40. The number of hydrogen-bond donors (Lipinski definition) is 1. The van der Waals surface area contributed by atoms with Gasteiger partial charge in [-0.1, -0.05) is 42.5 Å². The maximum Gasteiger partial charge on any atom is 0.341 e. The Bertz CT molecular complexity index is 869. The maximum atomic E-state index is 12.4. The highest BCUT2D eigenvalue weighted by Crippen LogP contribution is 2.25. The van der Waals surface area contributed by atoms with E-state index in [0.29, 0.717) is 22.7 Å². The molecule has 1 aromatic heterocycles. The summed E-state index contributed by atoms with van der Waals surface area (Å²) in [5, 5.41) is 5.03. The molecule has 0 saturated heterocycles. The van der Waals surface area contributed by atoms with Crippen molar-refractivity contribution in [1.82, 2.24) is 0 Å². The topological polar surface area (TPSA) is 55.4 Å². The van der Waals surface area contributed by atoms with Crippen molar-refractivity contribution in [2.75, 3.05) is 11.9 Å². The summed E-state index contributed by atoms with van der Waals surface area (Å²) in [6.07, 6.45) is 0. The minimum absolute atomic E-state index is 0.257. The second-order valence-electron chi connectivity index (χ2n) is 5.28. The fourth-order valence-corrected chi connectivity index (χ4v) is 3.17. The Balaban J connectivity index is 1.74. The van der Waals surface area contributed by atoms with E-state index in [0.717, 1.165) is 11.1 Å². The van der Waals surface area contributed by atoms with Crippen LogP contribution < -0.4 is 5.32 Å². The number of hydrogen-bond acceptors (Lipinski definition) is 4. The van der Waals surface area contributed by atoms with Crippen LogP contribution in [-0.2, 0) is 4.74 Å². The van der Waals surface area contributed by atoms with Gasteiger partial charge >= 0.3 is 5.97 Å². The zero-order chi connectivity index (χ0) is 17.6. The number of carbonyl (C=O) groups is 2. The van der Waals surface area contributed by atoms with Crippen molar-refractivity contribution < 1.29 is 14.3 Å². The van der Waals surface area contributed by atoms with Crippen molar-refractivity contribution in [3.05, 3.63) is 77.2 Å². The Morgan fingerprint density at radius 3 is 2.32 bits per heavy atom. The van der Waals surface area contributed by atoms with E-state index in [1.54, 1.807) is 30.5 Å². The molecule has 25 heavy (non-hydrogen) atoms. The fraction of sp³-hybridized carbons (Fsp3) is 0.100. The van der Waals surface area contributed by atoms with Gasteiger partial charge in [-0.2, -0.15) is 0 Å². The first-order valence-corrected chi connectivity index (χ1v) is 8.78. The molecule has 0 aliphatic carbocycles. The van der Waals surface area contributed by atoms with Crippen LogP contribution in [0.4, 0.5) is 5.00 Å². The number of carbonyl (C=O) groups excluding carboxylic acids is 2. The molecule has 0 bridgehead atoms. The number of rotatable bonds is 5. The quantitative estimate of drug-likeness (QED) is 0.669. The molecule has 5 heteroatoms. The first kappa shape index (κ1) is 16.9. The van der Waals surface area contributed by atoms with Crippen molar-refractivity contribution in [2.24, 2.45) is 0 Å². The number of nitrogens with one attached hydrogen (secondary N) is 1. The molecular formula is C20H17NO3S. The third-order valence-corrected chi connectivity index (χ3v) is 4.47. The van der Waals surface area contributed by atoms with Crippen LogP contribution in [0.5, 0.6) is 0 Å². The number of anilines is 1. The highest BCUT2D eigenvalue weighted by molar-refractivity contribution is 7.14. The number of benzene rings is 2. The molecule has 2 aromatic carbocycles. The summed E-state index contributed by atoms with van der Waals surface area (Å²) in [5.74, 6) is -0.689. The zero-order valence-electron chi connectivity index (χ0n) is 13.7. The van der Waals surface area contributed by atoms with E-state index in [9.17, 15) is 9.59 Å². The molecule has 0 unspecified atom stereocenters. The molecular weight excluding hydrogens is 334 g/mol. The summed E-state index contributed by atoms with van der Waals surface area (Å²) < 4.78 is 5.00. The predicted octanol–water partition coefficient (Wildman–Crippen LogP) is 4.84. The molecule has 3 rings (SSSR count). The standard InChI is InChI=1S/C20H17NO3S/c1-2-24-20(23)17-12-13-25-19(17)21-18(22)16-10-8-15(9-11-16)14-6-4-3-5-7-14/h3-13H,2H2,1H3,(H,21,22). The minimum Gasteiger partial charge on any atom is -0.462 e. The average Bonchev–Trinajstić information content (AvgIpc) is 3.11. The monoisotopic (exact) mass is 351 g/mol. The van der Waals surface area contributed by atoms with Crippen molar-refractivity contribution in [3.8, 4) is 11.1 Å². The van der Waals surface area contributed by atoms with E-state index in [-0.39, 0.29) is 5.91 Å². The van der Waals surface area contributed by atoms with Crippen LogP contribution in [0.3, 0.4) is 0 Å². The molecule has 0 radical (unpaired) electrons. The Morgan fingerprint density at radius 1 is 0.960 bits per heavy atom. The van der Waals surface area contributed by atoms with Gasteiger partial charge in [0.05, 0.1) is 12.2 Å². The minimum atomic E-state index is -0.432. The van der Waals surface area contributed by atoms with Crippen molar-refractivity contribution in [2.45, 2.75) is 6.92 Å². The van der Waals surface area contributed by atoms with Gasteiger partial charge in [-0.15, -0.1) is 11.3 Å². The largest absolute Gasteiger partial charge is 0.462 e. The number of esters is 1. The first-order chi connectivity index (χ1) is 12.2. The van der Waals surface area contributed by atoms with Crippen molar-refractivity contribution in [1.29, 1.82) is 0 Å². The molecule has 0 spiro atoms. The van der Waals surface area contributed by atoms with Gasteiger partial charge in [0.1, 0.15) is 5.00 Å². The van der Waals surface area contributed by atoms with E-state index in [1.165, 1.54) is 11.3 Å². The van der Waals surface area contributed by atoms with Gasteiger partial charge in [0.2, 0.25) is 0 Å². The summed E-state index contributed by atoms with van der Waals surface area (Å²) >= 11 is 1.29. The van der Waals surface area contributed by atoms with Gasteiger partial charge < -0.3 is 10.1 Å². The summed E-state index contributed by atoms with van der Waals surface area (Å²) in [5.41, 5.74) is 3.04. The molecule has 3 aromatic rings. The van der Waals surface area contributed by atoms with Crippen LogP contribution in [0.2, 0.25) is 0 Å². The van der Waals surface area contributed by atoms with Crippen LogP contribution in [0.1, 0.15) is 27.6 Å². The molecule has 0 aliphatic rings. The van der Waals surface area contributed by atoms with E-state index < -0.39 is 5.97 Å². The number of ether oxygens (including phenoxy) is 1. The molecule has 0 saturated carbocycles. The highest BCUT2D eigenvalue weighted by Gasteiger charge is 2.16. The Kier molecular flexibility index (Phi) is 5.26. The molecule has 0 atom stereocenters. The van der Waals surface area contributed by atoms with Gasteiger partial charge in [-0.3, -0.25) is 4.79 Å². The molecule has 1 amide bonds. The Labute approximate surface area is 150 Å². The van der Waals surface area contributed by atoms with Gasteiger partial charge in [0, 0.05) is 5.56 Å². The third kappa shape index (κ3) is 3.95. The third-order valence-electron chi connectivity index (χ3n) is 3.64. The molecule has 0 aliphatic heterocycles. The Hall–Kier alpha value is -2.92. The summed E-state index contributed by atoms with van der Waals surface area (Å²) in [4.78, 5) is 24.3. The highest BCUT2D eigenvalue weighted by atomic mass is 32.1. The van der Waals surface area contributed by atoms with Crippen LogP contribution in [0.25, 0.3) is 11.1 Å². The maximum absolute atomic E-state index is 12.4. The molecule has 1 heterocycles.